The first kappa shape index (κ1) is 14.1. The third kappa shape index (κ3) is 4.80. The molecule has 0 aromatic carbocycles. The number of pyridine rings is 1. The number of rotatable bonds is 5. The van der Waals surface area contributed by atoms with Crippen molar-refractivity contribution in [3.8, 4) is 0 Å². The van der Waals surface area contributed by atoms with Gasteiger partial charge in [-0.1, -0.05) is 0 Å². The molecule has 0 spiro atoms. The molecule has 2 N–H and O–H groups in total. The number of aromatic nitrogens is 1. The highest BCUT2D eigenvalue weighted by atomic mass is 79.9. The van der Waals surface area contributed by atoms with Gasteiger partial charge in [-0.15, -0.1) is 0 Å². The van der Waals surface area contributed by atoms with Gasteiger partial charge in [0.25, 0.3) is 5.91 Å². The van der Waals surface area contributed by atoms with E-state index in [-0.39, 0.29) is 18.2 Å². The summed E-state index contributed by atoms with van der Waals surface area (Å²) in [6.45, 7) is 0.0575. The summed E-state index contributed by atoms with van der Waals surface area (Å²) in [6.07, 6.45) is 1.49. The standard InChI is InChI=1S/C9H12BrN3O3S/c1-11-17(15,16)5-4-13-9(14)7-2-3-12-8(10)6-7/h2-3,6,11H,4-5H2,1H3,(H,13,14). The van der Waals surface area contributed by atoms with E-state index in [0.29, 0.717) is 10.2 Å². The van der Waals surface area contributed by atoms with Gasteiger partial charge in [0.05, 0.1) is 5.75 Å². The van der Waals surface area contributed by atoms with Gasteiger partial charge in [0, 0.05) is 18.3 Å². The van der Waals surface area contributed by atoms with E-state index in [1.54, 1.807) is 12.1 Å². The lowest BCUT2D eigenvalue weighted by molar-refractivity contribution is 0.0956. The van der Waals surface area contributed by atoms with Crippen molar-refractivity contribution >= 4 is 31.9 Å². The number of carbonyl (C=O) groups is 1. The van der Waals surface area contributed by atoms with Crippen molar-refractivity contribution in [2.45, 2.75) is 0 Å². The number of halogens is 1. The van der Waals surface area contributed by atoms with Gasteiger partial charge in [-0.3, -0.25) is 4.79 Å². The topological polar surface area (TPSA) is 88.2 Å². The normalized spacial score (nSPS) is 11.2. The van der Waals surface area contributed by atoms with Gasteiger partial charge in [0.15, 0.2) is 0 Å². The third-order valence-corrected chi connectivity index (χ3v) is 3.75. The van der Waals surface area contributed by atoms with Crippen LogP contribution in [0.2, 0.25) is 0 Å². The number of carbonyl (C=O) groups excluding carboxylic acids is 1. The molecule has 0 aliphatic heterocycles. The number of nitrogens with one attached hydrogen (secondary N) is 2. The third-order valence-electron chi connectivity index (χ3n) is 1.96. The van der Waals surface area contributed by atoms with Crippen LogP contribution in [0.5, 0.6) is 0 Å². The Morgan fingerprint density at radius 3 is 2.82 bits per heavy atom. The van der Waals surface area contributed by atoms with Gasteiger partial charge in [0.2, 0.25) is 10.0 Å². The summed E-state index contributed by atoms with van der Waals surface area (Å²) in [6, 6.07) is 3.11. The van der Waals surface area contributed by atoms with Gasteiger partial charge in [-0.2, -0.15) is 0 Å². The molecule has 17 heavy (non-hydrogen) atoms. The van der Waals surface area contributed by atoms with Crippen molar-refractivity contribution in [3.63, 3.8) is 0 Å². The Bertz CT molecular complexity index is 504. The molecule has 0 aliphatic rings. The Labute approximate surface area is 108 Å². The minimum Gasteiger partial charge on any atom is -0.351 e. The SMILES string of the molecule is CNS(=O)(=O)CCNC(=O)c1ccnc(Br)c1. The molecule has 1 aromatic heterocycles. The van der Waals surface area contributed by atoms with Gasteiger partial charge in [-0.25, -0.2) is 18.1 Å². The van der Waals surface area contributed by atoms with Crippen LogP contribution >= 0.6 is 15.9 Å². The smallest absolute Gasteiger partial charge is 0.251 e. The van der Waals surface area contributed by atoms with Crippen molar-refractivity contribution in [2.75, 3.05) is 19.3 Å². The maximum atomic E-state index is 11.6. The number of hydrogen-bond acceptors (Lipinski definition) is 4. The van der Waals surface area contributed by atoms with Crippen LogP contribution < -0.4 is 10.0 Å². The molecule has 0 unspecified atom stereocenters. The van der Waals surface area contributed by atoms with Gasteiger partial charge in [-0.05, 0) is 35.1 Å². The van der Waals surface area contributed by atoms with Crippen LogP contribution in [0.3, 0.4) is 0 Å². The predicted molar refractivity (Wildman–Crippen MR) is 67.1 cm³/mol. The minimum atomic E-state index is -3.29. The fraction of sp³-hybridized carbons (Fsp3) is 0.333. The zero-order valence-corrected chi connectivity index (χ0v) is 11.5. The summed E-state index contributed by atoms with van der Waals surface area (Å²) in [5.41, 5.74) is 0.425. The summed E-state index contributed by atoms with van der Waals surface area (Å²) < 4.78 is 24.9. The van der Waals surface area contributed by atoms with E-state index in [0.717, 1.165) is 0 Å². The molecule has 0 atom stereocenters. The van der Waals surface area contributed by atoms with E-state index in [9.17, 15) is 13.2 Å². The summed E-state index contributed by atoms with van der Waals surface area (Å²) in [5, 5.41) is 2.51. The molecule has 0 saturated heterocycles. The average molecular weight is 322 g/mol. The van der Waals surface area contributed by atoms with Crippen LogP contribution in [0.15, 0.2) is 22.9 Å². The summed E-state index contributed by atoms with van der Waals surface area (Å²) in [7, 11) is -1.96. The van der Waals surface area contributed by atoms with Crippen molar-refractivity contribution < 1.29 is 13.2 Å². The molecule has 0 aliphatic carbocycles. The summed E-state index contributed by atoms with van der Waals surface area (Å²) in [4.78, 5) is 15.5. The van der Waals surface area contributed by atoms with Crippen LogP contribution in [0.25, 0.3) is 0 Å². The van der Waals surface area contributed by atoms with E-state index in [1.807, 2.05) is 0 Å². The first-order valence-corrected chi connectivity index (χ1v) is 7.20. The largest absolute Gasteiger partial charge is 0.351 e. The second-order valence-electron chi connectivity index (χ2n) is 3.15. The molecule has 94 valence electrons. The molecule has 1 heterocycles. The monoisotopic (exact) mass is 321 g/mol. The highest BCUT2D eigenvalue weighted by molar-refractivity contribution is 9.10. The quantitative estimate of drug-likeness (QED) is 0.754. The van der Waals surface area contributed by atoms with Crippen LogP contribution in [-0.2, 0) is 10.0 Å². The zero-order chi connectivity index (χ0) is 12.9. The number of nitrogens with zero attached hydrogens (tertiary/aromatic N) is 1. The van der Waals surface area contributed by atoms with E-state index in [1.165, 1.54) is 13.2 Å². The second kappa shape index (κ2) is 6.08. The lowest BCUT2D eigenvalue weighted by Gasteiger charge is -2.05. The molecule has 1 rings (SSSR count). The maximum Gasteiger partial charge on any atom is 0.251 e. The molecule has 8 heteroatoms. The van der Waals surface area contributed by atoms with Crippen LogP contribution in [-0.4, -0.2) is 38.7 Å². The van der Waals surface area contributed by atoms with Gasteiger partial charge in [0.1, 0.15) is 4.60 Å². The molecule has 0 radical (unpaired) electrons. The fourth-order valence-corrected chi connectivity index (χ4v) is 1.99. The molecule has 0 bridgehead atoms. The zero-order valence-electron chi connectivity index (χ0n) is 9.10. The Kier molecular flexibility index (Phi) is 5.03. The summed E-state index contributed by atoms with van der Waals surface area (Å²) in [5.74, 6) is -0.485. The predicted octanol–water partition coefficient (Wildman–Crippen LogP) is 0.123. The minimum absolute atomic E-state index is 0.0575. The average Bonchev–Trinajstić information content (AvgIpc) is 2.28. The van der Waals surface area contributed by atoms with Crippen LogP contribution in [0.4, 0.5) is 0 Å². The maximum absolute atomic E-state index is 11.6. The number of amides is 1. The molecular formula is C9H12BrN3O3S. The highest BCUT2D eigenvalue weighted by Crippen LogP contribution is 2.07. The van der Waals surface area contributed by atoms with Crippen LogP contribution in [0, 0.1) is 0 Å². The van der Waals surface area contributed by atoms with Crippen LogP contribution in [0.1, 0.15) is 10.4 Å². The molecule has 0 fully saturated rings. The lowest BCUT2D eigenvalue weighted by atomic mass is 10.2. The van der Waals surface area contributed by atoms with E-state index >= 15 is 0 Å². The van der Waals surface area contributed by atoms with Crippen molar-refractivity contribution in [1.29, 1.82) is 0 Å². The Hall–Kier alpha value is -0.990. The van der Waals surface area contributed by atoms with Crippen molar-refractivity contribution in [1.82, 2.24) is 15.0 Å². The Morgan fingerprint density at radius 2 is 2.24 bits per heavy atom. The van der Waals surface area contributed by atoms with Crippen molar-refractivity contribution in [3.05, 3.63) is 28.5 Å². The molecule has 1 amide bonds. The molecule has 6 nitrogen and oxygen atoms in total. The van der Waals surface area contributed by atoms with E-state index in [2.05, 4.69) is 31.0 Å². The molecule has 1 aromatic rings. The number of hydrogen-bond donors (Lipinski definition) is 2. The first-order valence-electron chi connectivity index (χ1n) is 4.75. The fourth-order valence-electron chi connectivity index (χ4n) is 1.05. The number of sulfonamides is 1. The first-order chi connectivity index (χ1) is 7.94. The van der Waals surface area contributed by atoms with Gasteiger partial charge < -0.3 is 5.32 Å². The molecular weight excluding hydrogens is 310 g/mol. The van der Waals surface area contributed by atoms with E-state index < -0.39 is 10.0 Å². The lowest BCUT2D eigenvalue weighted by Crippen LogP contribution is -2.32. The van der Waals surface area contributed by atoms with Gasteiger partial charge >= 0.3 is 0 Å². The van der Waals surface area contributed by atoms with E-state index in [4.69, 9.17) is 0 Å². The Balaban J connectivity index is 2.51. The van der Waals surface area contributed by atoms with Crippen molar-refractivity contribution in [2.24, 2.45) is 0 Å². The summed E-state index contributed by atoms with van der Waals surface area (Å²) >= 11 is 3.14. The Morgan fingerprint density at radius 1 is 1.53 bits per heavy atom. The highest BCUT2D eigenvalue weighted by Gasteiger charge is 2.09. The molecule has 0 saturated carbocycles. The second-order valence-corrected chi connectivity index (χ2v) is 6.00.